The minimum Gasteiger partial charge on any atom is -0.459 e. The molecule has 66 heavy (non-hydrogen) atoms. The number of unbranched alkanes of at least 4 members (excludes halogenated alkanes) is 10. The lowest BCUT2D eigenvalue weighted by Gasteiger charge is -2.60. The molecular formula is C55H77N3O8. The highest BCUT2D eigenvalue weighted by molar-refractivity contribution is 6.03. The number of aliphatic hydroxyl groups excluding tert-OH is 2. The van der Waals surface area contributed by atoms with Crippen LogP contribution in [0.15, 0.2) is 90.1 Å². The number of carbonyl (C=O) groups excluding carboxylic acids is 2. The van der Waals surface area contributed by atoms with Crippen LogP contribution in [0.5, 0.6) is 11.5 Å². The number of allylic oxidation sites excluding steroid dienone is 1. The molecule has 2 amide bonds. The van der Waals surface area contributed by atoms with Crippen LogP contribution >= 0.6 is 0 Å². The summed E-state index contributed by atoms with van der Waals surface area (Å²) in [6.45, 7) is 11.6. The first-order valence-electron chi connectivity index (χ1n) is 25.3. The Labute approximate surface area is 394 Å². The molecule has 11 heteroatoms. The van der Waals surface area contributed by atoms with Crippen LogP contribution in [0, 0.1) is 17.8 Å². The molecule has 0 radical (unpaired) electrons. The maximum absolute atomic E-state index is 15.3. The number of nitrogens with one attached hydrogen (secondary N) is 1. The summed E-state index contributed by atoms with van der Waals surface area (Å²) < 4.78 is 20.6. The molecule has 3 aromatic rings. The van der Waals surface area contributed by atoms with E-state index >= 15 is 4.79 Å². The second-order valence-corrected chi connectivity index (χ2v) is 18.3. The summed E-state index contributed by atoms with van der Waals surface area (Å²) in [5.74, 6) is -0.946. The molecule has 3 aromatic carbocycles. The van der Waals surface area contributed by atoms with Crippen molar-refractivity contribution in [1.82, 2.24) is 10.2 Å². The van der Waals surface area contributed by atoms with Crippen molar-refractivity contribution in [1.29, 1.82) is 0 Å². The maximum Gasteiger partial charge on any atom is 0.412 e. The molecule has 11 nitrogen and oxygen atoms in total. The molecule has 0 aromatic heterocycles. The minimum atomic E-state index is -1.39. The molecular weight excluding hydrogens is 831 g/mol. The average molecular weight is 908 g/mol. The van der Waals surface area contributed by atoms with Gasteiger partial charge in [0.1, 0.15) is 24.1 Å². The van der Waals surface area contributed by atoms with Crippen LogP contribution in [0.3, 0.4) is 0 Å². The summed E-state index contributed by atoms with van der Waals surface area (Å²) in [4.78, 5) is 36.2. The Bertz CT molecular complexity index is 2080. The Kier molecular flexibility index (Phi) is 20.0. The van der Waals surface area contributed by atoms with E-state index in [-0.39, 0.29) is 43.5 Å². The quantitative estimate of drug-likeness (QED) is 0.0372. The Morgan fingerprint density at radius 2 is 1.62 bits per heavy atom. The molecule has 3 aliphatic rings. The number of aliphatic hydroxyl groups is 2. The molecule has 6 unspecified atom stereocenters. The number of fused-ring (bicyclic) bond motifs is 3. The number of benzene rings is 3. The summed E-state index contributed by atoms with van der Waals surface area (Å²) in [5.41, 5.74) is 3.66. The number of hydrogen-bond acceptors (Lipinski definition) is 9. The number of hydrogen-bond donors (Lipinski definition) is 3. The number of rotatable bonds is 28. The zero-order chi connectivity index (χ0) is 46.7. The van der Waals surface area contributed by atoms with Gasteiger partial charge in [-0.1, -0.05) is 131 Å². The lowest BCUT2D eigenvalue weighted by Crippen LogP contribution is -2.70. The lowest BCUT2D eigenvalue weighted by atomic mass is 9.55. The first-order chi connectivity index (χ1) is 32.3. The van der Waals surface area contributed by atoms with Crippen molar-refractivity contribution in [2.75, 3.05) is 33.0 Å². The van der Waals surface area contributed by atoms with Gasteiger partial charge in [-0.2, -0.15) is 0 Å². The molecule has 3 N–H and O–H groups in total. The number of carbonyl (C=O) groups is 2. The third-order valence-electron chi connectivity index (χ3n) is 13.9. The van der Waals surface area contributed by atoms with Crippen molar-refractivity contribution < 1.29 is 38.9 Å². The molecule has 360 valence electrons. The first-order valence-corrected chi connectivity index (χ1v) is 25.3. The third-order valence-corrected chi connectivity index (χ3v) is 13.9. The van der Waals surface area contributed by atoms with Gasteiger partial charge in [-0.05, 0) is 97.9 Å². The standard InChI is InChI=1S/C55H77N3O8/c1-5-9-10-11-12-13-14-15-16-30-51(61)58(39-42-27-23-26-40-24-17-18-28-44(40)42)50-38-48(57-64-8-4)46-36-41(25-19-21-33-59)45(29-20-22-34-60)52-47-37-43(65-54(62)56-7-3)31-32-49(47)66-55(50,53(46)52)63-35-6-2/h6,17-18,23-24,26-28,31-32,36-37,41,45,50,52-53,59-60H,2,5,7-16,19-22,25,29-30,33-35,38-39H2,1,3-4H3,(H,56,62). The van der Waals surface area contributed by atoms with Crippen LogP contribution in [0.1, 0.15) is 147 Å². The molecule has 0 spiro atoms. The molecule has 0 saturated heterocycles. The highest BCUT2D eigenvalue weighted by Crippen LogP contribution is 2.62. The van der Waals surface area contributed by atoms with E-state index in [9.17, 15) is 15.0 Å². The van der Waals surface area contributed by atoms with Gasteiger partial charge < -0.3 is 39.5 Å². The van der Waals surface area contributed by atoms with Gasteiger partial charge in [0, 0.05) is 50.6 Å². The van der Waals surface area contributed by atoms with Gasteiger partial charge in [0.15, 0.2) is 0 Å². The van der Waals surface area contributed by atoms with E-state index in [2.05, 4.69) is 55.2 Å². The molecule has 2 aliphatic carbocycles. The molecule has 1 fully saturated rings. The fourth-order valence-electron chi connectivity index (χ4n) is 10.9. The Morgan fingerprint density at radius 3 is 2.35 bits per heavy atom. The maximum atomic E-state index is 15.3. The van der Waals surface area contributed by atoms with Crippen molar-refractivity contribution in [3.63, 3.8) is 0 Å². The normalized spacial score (nSPS) is 22.5. The largest absolute Gasteiger partial charge is 0.459 e. The number of ether oxygens (including phenoxy) is 3. The molecule has 1 saturated carbocycles. The zero-order valence-corrected chi connectivity index (χ0v) is 40.0. The lowest BCUT2D eigenvalue weighted by molar-refractivity contribution is -0.258. The fourth-order valence-corrected chi connectivity index (χ4v) is 10.9. The Balaban J connectivity index is 1.52. The highest BCUT2D eigenvalue weighted by Gasteiger charge is 2.65. The fraction of sp³-hybridized carbons (Fsp3) is 0.582. The van der Waals surface area contributed by atoms with Crippen molar-refractivity contribution >= 4 is 28.5 Å². The molecule has 1 heterocycles. The second-order valence-electron chi connectivity index (χ2n) is 18.3. The van der Waals surface area contributed by atoms with Gasteiger partial charge in [-0.15, -0.1) is 6.58 Å². The SMILES string of the molecule is C=CCOC12Oc3ccc(OC(=O)NCC)cc3C3C(CCCCO)C(CCCCO)C=C(C(=NOCC)CC1N(Cc1cccc4ccccc14)C(=O)CCCCCCCCCCC)C32. The molecule has 6 rings (SSSR count). The minimum absolute atomic E-state index is 0.0364. The molecule has 6 atom stereocenters. The smallest absolute Gasteiger partial charge is 0.412 e. The van der Waals surface area contributed by atoms with E-state index in [4.69, 9.17) is 24.2 Å². The highest BCUT2D eigenvalue weighted by atomic mass is 16.7. The monoisotopic (exact) mass is 908 g/mol. The van der Waals surface area contributed by atoms with Gasteiger partial charge >= 0.3 is 6.09 Å². The summed E-state index contributed by atoms with van der Waals surface area (Å²) in [7, 11) is 0. The van der Waals surface area contributed by atoms with Gasteiger partial charge in [0.2, 0.25) is 11.7 Å². The average Bonchev–Trinajstić information content (AvgIpc) is 3.32. The van der Waals surface area contributed by atoms with E-state index in [1.165, 1.54) is 38.5 Å². The van der Waals surface area contributed by atoms with Crippen molar-refractivity contribution in [3.8, 4) is 11.5 Å². The van der Waals surface area contributed by atoms with E-state index in [0.717, 1.165) is 78.1 Å². The summed E-state index contributed by atoms with van der Waals surface area (Å²) in [5, 5.41) is 29.8. The van der Waals surface area contributed by atoms with E-state index in [1.807, 2.05) is 43.0 Å². The van der Waals surface area contributed by atoms with E-state index in [0.29, 0.717) is 56.9 Å². The second kappa shape index (κ2) is 26.0. The number of nitrogens with zero attached hydrogens (tertiary/aromatic N) is 2. The van der Waals surface area contributed by atoms with Crippen LogP contribution in [0.2, 0.25) is 0 Å². The molecule has 1 aliphatic heterocycles. The number of oxime groups is 1. The predicted octanol–water partition coefficient (Wildman–Crippen LogP) is 11.6. The van der Waals surface area contributed by atoms with Crippen LogP contribution < -0.4 is 14.8 Å². The van der Waals surface area contributed by atoms with Gasteiger partial charge in [0.05, 0.1) is 18.2 Å². The molecule has 0 bridgehead atoms. The third kappa shape index (κ3) is 12.4. The van der Waals surface area contributed by atoms with Crippen LogP contribution in [0.4, 0.5) is 4.79 Å². The van der Waals surface area contributed by atoms with E-state index < -0.39 is 23.8 Å². The number of amides is 2. The van der Waals surface area contributed by atoms with E-state index in [1.54, 1.807) is 12.1 Å². The van der Waals surface area contributed by atoms with Gasteiger partial charge in [-0.3, -0.25) is 4.79 Å². The first kappa shape index (κ1) is 50.7. The summed E-state index contributed by atoms with van der Waals surface area (Å²) in [6, 6.07) is 19.5. The van der Waals surface area contributed by atoms with Crippen molar-refractivity contribution in [3.05, 3.63) is 96.1 Å². The Hall–Kier alpha value is -4.71. The van der Waals surface area contributed by atoms with Crippen LogP contribution in [0.25, 0.3) is 10.8 Å². The zero-order valence-electron chi connectivity index (χ0n) is 40.0. The van der Waals surface area contributed by atoms with Crippen molar-refractivity contribution in [2.24, 2.45) is 22.9 Å². The topological polar surface area (TPSA) is 139 Å². The Morgan fingerprint density at radius 1 is 0.894 bits per heavy atom. The summed E-state index contributed by atoms with van der Waals surface area (Å²) >= 11 is 0. The van der Waals surface area contributed by atoms with Crippen molar-refractivity contribution in [2.45, 2.75) is 154 Å². The van der Waals surface area contributed by atoms with Gasteiger partial charge in [-0.25, -0.2) is 4.79 Å². The van der Waals surface area contributed by atoms with Crippen LogP contribution in [-0.2, 0) is 20.9 Å². The van der Waals surface area contributed by atoms with Gasteiger partial charge in [0.25, 0.3) is 0 Å². The van der Waals surface area contributed by atoms with Crippen LogP contribution in [-0.4, -0.2) is 77.6 Å². The summed E-state index contributed by atoms with van der Waals surface area (Å²) in [6.07, 6.45) is 19.2. The predicted molar refractivity (Wildman–Crippen MR) is 263 cm³/mol.